The van der Waals surface area contributed by atoms with Gasteiger partial charge in [-0.05, 0) is 24.8 Å². The second-order valence-electron chi connectivity index (χ2n) is 6.58. The number of furan rings is 1. The van der Waals surface area contributed by atoms with E-state index in [1.807, 2.05) is 13.0 Å². The maximum atomic E-state index is 12.1. The second kappa shape index (κ2) is 3.65. The Morgan fingerprint density at radius 3 is 2.90 bits per heavy atom. The molecule has 3 heterocycles. The van der Waals surface area contributed by atoms with Crippen LogP contribution in [-0.2, 0) is 14.3 Å². The lowest BCUT2D eigenvalue weighted by molar-refractivity contribution is -0.179. The Morgan fingerprint density at radius 1 is 1.40 bits per heavy atom. The second-order valence-corrected chi connectivity index (χ2v) is 6.58. The SMILES string of the molecule is C[C@@H]1C[C@H](O)C[C@@]2(C)[C@H](c3ccoc3)OC(=O)[C@H]3O[C@]132. The van der Waals surface area contributed by atoms with Crippen molar-refractivity contribution in [2.75, 3.05) is 0 Å². The zero-order valence-corrected chi connectivity index (χ0v) is 11.5. The van der Waals surface area contributed by atoms with E-state index in [4.69, 9.17) is 13.9 Å². The van der Waals surface area contributed by atoms with Crippen LogP contribution in [0.15, 0.2) is 23.0 Å². The van der Waals surface area contributed by atoms with E-state index in [0.717, 1.165) is 5.56 Å². The van der Waals surface area contributed by atoms with E-state index in [1.54, 1.807) is 12.5 Å². The van der Waals surface area contributed by atoms with Gasteiger partial charge in [0, 0.05) is 11.0 Å². The first-order valence-corrected chi connectivity index (χ1v) is 7.07. The number of ether oxygens (including phenoxy) is 2. The highest BCUT2D eigenvalue weighted by atomic mass is 16.7. The van der Waals surface area contributed by atoms with Crippen LogP contribution in [0, 0.1) is 11.3 Å². The van der Waals surface area contributed by atoms with Crippen molar-refractivity contribution >= 4 is 5.97 Å². The molecule has 0 radical (unpaired) electrons. The van der Waals surface area contributed by atoms with Gasteiger partial charge in [0.25, 0.3) is 0 Å². The molecule has 2 aliphatic heterocycles. The predicted molar refractivity (Wildman–Crippen MR) is 67.7 cm³/mol. The normalized spacial score (nSPS) is 50.0. The first-order chi connectivity index (χ1) is 9.49. The highest BCUT2D eigenvalue weighted by molar-refractivity contribution is 5.82. The van der Waals surface area contributed by atoms with Crippen molar-refractivity contribution in [3.05, 3.63) is 24.2 Å². The molecule has 5 heteroatoms. The Kier molecular flexibility index (Phi) is 2.27. The molecule has 0 bridgehead atoms. The minimum atomic E-state index is -0.497. The summed E-state index contributed by atoms with van der Waals surface area (Å²) in [6, 6.07) is 1.81. The third-order valence-electron chi connectivity index (χ3n) is 5.43. The Labute approximate surface area is 116 Å². The van der Waals surface area contributed by atoms with E-state index in [1.165, 1.54) is 0 Å². The molecule has 6 atom stereocenters. The van der Waals surface area contributed by atoms with E-state index < -0.39 is 29.3 Å². The molecule has 0 aromatic carbocycles. The average Bonchev–Trinajstić information content (AvgIpc) is 2.94. The van der Waals surface area contributed by atoms with Gasteiger partial charge < -0.3 is 19.0 Å². The zero-order chi connectivity index (χ0) is 14.1. The smallest absolute Gasteiger partial charge is 0.339 e. The van der Waals surface area contributed by atoms with Gasteiger partial charge in [-0.2, -0.15) is 0 Å². The molecule has 1 N–H and O–H groups in total. The Morgan fingerprint density at radius 2 is 2.20 bits per heavy atom. The average molecular weight is 278 g/mol. The zero-order valence-electron chi connectivity index (χ0n) is 11.5. The highest BCUT2D eigenvalue weighted by Gasteiger charge is 2.79. The van der Waals surface area contributed by atoms with Gasteiger partial charge in [0.2, 0.25) is 0 Å². The lowest BCUT2D eigenvalue weighted by Crippen LogP contribution is -2.57. The van der Waals surface area contributed by atoms with Gasteiger partial charge in [-0.15, -0.1) is 0 Å². The summed E-state index contributed by atoms with van der Waals surface area (Å²) < 4.78 is 16.6. The number of carbonyl (C=O) groups excluding carboxylic acids is 1. The van der Waals surface area contributed by atoms with Crippen molar-refractivity contribution in [3.8, 4) is 0 Å². The molecule has 3 aliphatic rings. The van der Waals surface area contributed by atoms with Crippen LogP contribution in [0.4, 0.5) is 0 Å². The minimum absolute atomic E-state index is 0.128. The van der Waals surface area contributed by atoms with E-state index in [9.17, 15) is 9.90 Å². The fourth-order valence-corrected chi connectivity index (χ4v) is 4.55. The standard InChI is InChI=1S/C15H18O5/c1-8-5-10(16)6-14(2)11(9-3-4-18-7-9)19-13(17)12-15(8,14)20-12/h3-4,7-8,10-12,16H,5-6H2,1-2H3/t8-,10+,11+,12-,14+,15-/m1/s1. The number of hydrogen-bond donors (Lipinski definition) is 1. The summed E-state index contributed by atoms with van der Waals surface area (Å²) in [4.78, 5) is 12.1. The molecule has 3 fully saturated rings. The Balaban J connectivity index is 1.83. The topological polar surface area (TPSA) is 72.2 Å². The fourth-order valence-electron chi connectivity index (χ4n) is 4.55. The van der Waals surface area contributed by atoms with E-state index in [2.05, 4.69) is 6.92 Å². The van der Waals surface area contributed by atoms with Gasteiger partial charge in [-0.1, -0.05) is 13.8 Å². The van der Waals surface area contributed by atoms with Crippen molar-refractivity contribution in [1.29, 1.82) is 0 Å². The van der Waals surface area contributed by atoms with Crippen LogP contribution < -0.4 is 0 Å². The summed E-state index contributed by atoms with van der Waals surface area (Å²) in [5.74, 6) is -0.166. The number of esters is 1. The number of aliphatic hydroxyl groups excluding tert-OH is 1. The summed E-state index contributed by atoms with van der Waals surface area (Å²) in [5, 5.41) is 10.2. The van der Waals surface area contributed by atoms with Gasteiger partial charge in [-0.3, -0.25) is 0 Å². The third kappa shape index (κ3) is 1.27. The van der Waals surface area contributed by atoms with Gasteiger partial charge in [0.05, 0.1) is 18.6 Å². The lowest BCUT2D eigenvalue weighted by atomic mass is 9.56. The lowest BCUT2D eigenvalue weighted by Gasteiger charge is -2.50. The first kappa shape index (κ1) is 12.4. The molecule has 20 heavy (non-hydrogen) atoms. The van der Waals surface area contributed by atoms with Crippen molar-refractivity contribution in [2.45, 2.75) is 50.6 Å². The van der Waals surface area contributed by atoms with E-state index >= 15 is 0 Å². The Hall–Kier alpha value is -1.33. The summed E-state index contributed by atoms with van der Waals surface area (Å²) in [6.45, 7) is 4.10. The number of cyclic esters (lactones) is 1. The Bertz CT molecular complexity index is 553. The molecule has 1 spiro atoms. The molecular formula is C15H18O5. The van der Waals surface area contributed by atoms with E-state index in [-0.39, 0.29) is 11.9 Å². The van der Waals surface area contributed by atoms with Crippen LogP contribution in [0.2, 0.25) is 0 Å². The largest absolute Gasteiger partial charge is 0.472 e. The number of epoxide rings is 1. The maximum Gasteiger partial charge on any atom is 0.339 e. The van der Waals surface area contributed by atoms with Crippen molar-refractivity contribution in [1.82, 2.24) is 0 Å². The van der Waals surface area contributed by atoms with Gasteiger partial charge >= 0.3 is 5.97 Å². The molecule has 108 valence electrons. The van der Waals surface area contributed by atoms with Crippen LogP contribution in [0.1, 0.15) is 38.4 Å². The third-order valence-corrected chi connectivity index (χ3v) is 5.43. The maximum absolute atomic E-state index is 12.1. The van der Waals surface area contributed by atoms with Gasteiger partial charge in [-0.25, -0.2) is 4.79 Å². The van der Waals surface area contributed by atoms with E-state index in [0.29, 0.717) is 12.8 Å². The molecule has 2 saturated heterocycles. The molecule has 4 rings (SSSR count). The quantitative estimate of drug-likeness (QED) is 0.626. The molecule has 1 aromatic heterocycles. The summed E-state index contributed by atoms with van der Waals surface area (Å²) in [7, 11) is 0. The van der Waals surface area contributed by atoms with Gasteiger partial charge in [0.15, 0.2) is 6.10 Å². The van der Waals surface area contributed by atoms with Gasteiger partial charge in [0.1, 0.15) is 11.7 Å². The monoisotopic (exact) mass is 278 g/mol. The predicted octanol–water partition coefficient (Wildman–Crippen LogP) is 1.81. The minimum Gasteiger partial charge on any atom is -0.472 e. The van der Waals surface area contributed by atoms with Crippen LogP contribution >= 0.6 is 0 Å². The summed E-state index contributed by atoms with van der Waals surface area (Å²) in [5.41, 5.74) is -0.0915. The molecule has 0 unspecified atom stereocenters. The first-order valence-electron chi connectivity index (χ1n) is 7.07. The molecule has 1 aromatic rings. The van der Waals surface area contributed by atoms with Crippen LogP contribution in [-0.4, -0.2) is 28.9 Å². The number of hydrogen-bond acceptors (Lipinski definition) is 5. The highest BCUT2D eigenvalue weighted by Crippen LogP contribution is 2.68. The summed E-state index contributed by atoms with van der Waals surface area (Å²) >= 11 is 0. The number of aliphatic hydroxyl groups is 1. The van der Waals surface area contributed by atoms with Crippen molar-refractivity contribution in [2.24, 2.45) is 11.3 Å². The van der Waals surface area contributed by atoms with Crippen LogP contribution in [0.3, 0.4) is 0 Å². The molecule has 1 saturated carbocycles. The molecular weight excluding hydrogens is 260 g/mol. The fraction of sp³-hybridized carbons (Fsp3) is 0.667. The van der Waals surface area contributed by atoms with Crippen LogP contribution in [0.5, 0.6) is 0 Å². The van der Waals surface area contributed by atoms with Crippen molar-refractivity contribution < 1.29 is 23.8 Å². The van der Waals surface area contributed by atoms with Crippen molar-refractivity contribution in [3.63, 3.8) is 0 Å². The summed E-state index contributed by atoms with van der Waals surface area (Å²) in [6.07, 6.45) is 3.11. The molecule has 1 aliphatic carbocycles. The van der Waals surface area contributed by atoms with Crippen LogP contribution in [0.25, 0.3) is 0 Å². The molecule has 5 nitrogen and oxygen atoms in total. The number of rotatable bonds is 1. The molecule has 0 amide bonds. The number of carbonyl (C=O) groups is 1.